The Morgan fingerprint density at radius 3 is 2.56 bits per heavy atom. The Labute approximate surface area is 222 Å². The van der Waals surface area contributed by atoms with Crippen LogP contribution in [0.4, 0.5) is 40.8 Å². The highest BCUT2D eigenvalue weighted by Gasteiger charge is 2.30. The quantitative estimate of drug-likeness (QED) is 0.276. The number of anilines is 4. The molecule has 2 aromatic heterocycles. The van der Waals surface area contributed by atoms with Gasteiger partial charge < -0.3 is 26.4 Å². The molecule has 1 amide bonds. The van der Waals surface area contributed by atoms with Crippen LogP contribution in [0, 0.1) is 5.82 Å². The molecule has 1 aromatic carbocycles. The average Bonchev–Trinajstić information content (AvgIpc) is 2.82. The van der Waals surface area contributed by atoms with E-state index in [9.17, 15) is 27.5 Å². The van der Waals surface area contributed by atoms with Crippen LogP contribution in [0.25, 0.3) is 0 Å². The third-order valence-corrected chi connectivity index (χ3v) is 6.13. The van der Waals surface area contributed by atoms with Gasteiger partial charge >= 0.3 is 6.18 Å². The summed E-state index contributed by atoms with van der Waals surface area (Å²) in [6.45, 7) is 6.95. The average molecular weight is 548 g/mol. The Bertz CT molecular complexity index is 1390. The first-order valence-corrected chi connectivity index (χ1v) is 12.1. The lowest BCUT2D eigenvalue weighted by Gasteiger charge is -2.33. The van der Waals surface area contributed by atoms with Gasteiger partial charge in [0.1, 0.15) is 40.9 Å². The number of hydrogen-bond donors (Lipinski definition) is 5. The molecule has 0 atom stereocenters. The van der Waals surface area contributed by atoms with E-state index in [2.05, 4.69) is 44.7 Å². The highest BCUT2D eigenvalue weighted by Crippen LogP contribution is 2.32. The number of rotatable bonds is 7. The molecule has 1 aliphatic rings. The zero-order valence-electron chi connectivity index (χ0n) is 21.8. The van der Waals surface area contributed by atoms with E-state index in [4.69, 9.17) is 0 Å². The molecule has 1 aliphatic heterocycles. The summed E-state index contributed by atoms with van der Waals surface area (Å²) in [5.41, 5.74) is 0.727. The maximum atomic E-state index is 14.2. The zero-order chi connectivity index (χ0) is 28.6. The molecule has 5 N–H and O–H groups in total. The third kappa shape index (κ3) is 6.79. The molecule has 0 bridgehead atoms. The van der Waals surface area contributed by atoms with Crippen LogP contribution in [-0.2, 0) is 17.6 Å². The lowest BCUT2D eigenvalue weighted by Crippen LogP contribution is -2.38. The molecule has 13 heteroatoms. The van der Waals surface area contributed by atoms with E-state index in [-0.39, 0.29) is 34.3 Å². The number of pyridine rings is 1. The maximum Gasteiger partial charge on any atom is 0.405 e. The van der Waals surface area contributed by atoms with E-state index in [0.717, 1.165) is 24.4 Å². The van der Waals surface area contributed by atoms with Crippen molar-refractivity contribution in [2.24, 2.45) is 0 Å². The summed E-state index contributed by atoms with van der Waals surface area (Å²) in [6.07, 6.45) is -3.55. The van der Waals surface area contributed by atoms with E-state index in [0.29, 0.717) is 12.2 Å². The monoisotopic (exact) mass is 547 g/mol. The minimum atomic E-state index is -4.62. The number of carbonyl (C=O) groups excluding carboxylic acids is 1. The number of benzene rings is 1. The third-order valence-electron chi connectivity index (χ3n) is 6.13. The van der Waals surface area contributed by atoms with Gasteiger partial charge in [0, 0.05) is 30.4 Å². The maximum absolute atomic E-state index is 14.2. The normalized spacial score (nSPS) is 14.9. The minimum absolute atomic E-state index is 0.00475. The molecule has 0 saturated carbocycles. The van der Waals surface area contributed by atoms with Crippen molar-refractivity contribution in [2.75, 3.05) is 23.7 Å². The topological polar surface area (TPSA) is 124 Å². The molecule has 0 aliphatic carbocycles. The highest BCUT2D eigenvalue weighted by molar-refractivity contribution is 5.99. The van der Waals surface area contributed by atoms with Crippen LogP contribution in [0.5, 0.6) is 0 Å². The summed E-state index contributed by atoms with van der Waals surface area (Å²) in [5, 5.41) is 21.2. The van der Waals surface area contributed by atoms with Gasteiger partial charge in [-0.1, -0.05) is 19.9 Å². The zero-order valence-corrected chi connectivity index (χ0v) is 21.8. The molecular formula is C26H29F4N7O2. The fraction of sp³-hybridized carbons (Fsp3) is 0.385. The van der Waals surface area contributed by atoms with Crippen LogP contribution >= 0.6 is 0 Å². The Kier molecular flexibility index (Phi) is 7.50. The fourth-order valence-corrected chi connectivity index (χ4v) is 4.25. The van der Waals surface area contributed by atoms with Crippen LogP contribution in [0.2, 0.25) is 0 Å². The molecule has 9 nitrogen and oxygen atoms in total. The lowest BCUT2D eigenvalue weighted by atomic mass is 9.79. The number of aromatic nitrogens is 3. The van der Waals surface area contributed by atoms with Crippen molar-refractivity contribution in [2.45, 2.75) is 51.4 Å². The SMILES string of the molecule is CC(C)(O)c1nc(Nc2nc(Nc3ccc4c(c3)CNCC4(C)C)ncc2C(=O)NCC(F)(F)F)ccc1F. The first-order valence-electron chi connectivity index (χ1n) is 12.1. The summed E-state index contributed by atoms with van der Waals surface area (Å²) >= 11 is 0. The second-order valence-corrected chi connectivity index (χ2v) is 10.4. The summed E-state index contributed by atoms with van der Waals surface area (Å²) in [4.78, 5) is 25.1. The van der Waals surface area contributed by atoms with Crippen molar-refractivity contribution in [1.29, 1.82) is 0 Å². The van der Waals surface area contributed by atoms with E-state index in [1.807, 2.05) is 18.2 Å². The summed E-state index contributed by atoms with van der Waals surface area (Å²) in [7, 11) is 0. The number of alkyl halides is 3. The molecule has 0 fully saturated rings. The predicted octanol–water partition coefficient (Wildman–Crippen LogP) is 4.40. The minimum Gasteiger partial charge on any atom is -0.384 e. The number of carbonyl (C=O) groups is 1. The molecule has 0 saturated heterocycles. The Balaban J connectivity index is 1.67. The first kappa shape index (κ1) is 28.2. The van der Waals surface area contributed by atoms with Gasteiger partial charge in [0.05, 0.1) is 0 Å². The van der Waals surface area contributed by atoms with E-state index in [1.54, 1.807) is 5.32 Å². The van der Waals surface area contributed by atoms with Gasteiger partial charge in [0.2, 0.25) is 5.95 Å². The van der Waals surface area contributed by atoms with Crippen molar-refractivity contribution in [3.05, 3.63) is 64.7 Å². The smallest absolute Gasteiger partial charge is 0.384 e. The molecule has 0 spiro atoms. The van der Waals surface area contributed by atoms with Gasteiger partial charge in [-0.2, -0.15) is 18.2 Å². The van der Waals surface area contributed by atoms with Crippen LogP contribution < -0.4 is 21.3 Å². The standard InChI is InChI=1S/C26H29F4N7O2/c1-24(2)12-31-10-14-9-15(5-6-17(14)24)34-23-32-11-16(22(38)33-13-26(28,29)30)21(37-23)36-19-8-7-18(27)20(35-19)25(3,4)39/h5-9,11,31,39H,10,12-13H2,1-4H3,(H,33,38)(H2,32,34,35,36,37). The number of aliphatic hydroxyl groups is 1. The Morgan fingerprint density at radius 1 is 1.13 bits per heavy atom. The van der Waals surface area contributed by atoms with Crippen molar-refractivity contribution in [3.8, 4) is 0 Å². The molecule has 39 heavy (non-hydrogen) atoms. The van der Waals surface area contributed by atoms with Crippen LogP contribution in [0.1, 0.15) is 54.9 Å². The molecule has 0 radical (unpaired) electrons. The second-order valence-electron chi connectivity index (χ2n) is 10.4. The number of nitrogens with zero attached hydrogens (tertiary/aromatic N) is 3. The fourth-order valence-electron chi connectivity index (χ4n) is 4.25. The van der Waals surface area contributed by atoms with Gasteiger partial charge in [-0.3, -0.25) is 4.79 Å². The number of nitrogens with one attached hydrogen (secondary N) is 4. The molecule has 208 valence electrons. The predicted molar refractivity (Wildman–Crippen MR) is 138 cm³/mol. The second kappa shape index (κ2) is 10.4. The van der Waals surface area contributed by atoms with Gasteiger partial charge in [0.25, 0.3) is 5.91 Å². The molecule has 3 heterocycles. The van der Waals surface area contributed by atoms with Gasteiger partial charge in [-0.05, 0) is 49.2 Å². The van der Waals surface area contributed by atoms with Gasteiger partial charge in [-0.15, -0.1) is 0 Å². The summed E-state index contributed by atoms with van der Waals surface area (Å²) in [5.74, 6) is -1.95. The van der Waals surface area contributed by atoms with Crippen LogP contribution in [0.3, 0.4) is 0 Å². The van der Waals surface area contributed by atoms with Gasteiger partial charge in [-0.25, -0.2) is 14.4 Å². The molecule has 0 unspecified atom stereocenters. The summed E-state index contributed by atoms with van der Waals surface area (Å²) < 4.78 is 52.3. The molecular weight excluding hydrogens is 518 g/mol. The number of halogens is 4. The van der Waals surface area contributed by atoms with E-state index < -0.39 is 30.0 Å². The summed E-state index contributed by atoms with van der Waals surface area (Å²) in [6, 6.07) is 8.13. The highest BCUT2D eigenvalue weighted by atomic mass is 19.4. The van der Waals surface area contributed by atoms with Crippen molar-refractivity contribution in [3.63, 3.8) is 0 Å². The van der Waals surface area contributed by atoms with Gasteiger partial charge in [0.15, 0.2) is 0 Å². The molecule has 3 aromatic rings. The largest absolute Gasteiger partial charge is 0.405 e. The van der Waals surface area contributed by atoms with Crippen LogP contribution in [-0.4, -0.2) is 45.2 Å². The van der Waals surface area contributed by atoms with E-state index in [1.165, 1.54) is 25.5 Å². The first-order chi connectivity index (χ1) is 18.1. The lowest BCUT2D eigenvalue weighted by molar-refractivity contribution is -0.123. The van der Waals surface area contributed by atoms with Crippen molar-refractivity contribution in [1.82, 2.24) is 25.6 Å². The number of amides is 1. The number of fused-ring (bicyclic) bond motifs is 1. The van der Waals surface area contributed by atoms with Crippen molar-refractivity contribution >= 4 is 29.2 Å². The Morgan fingerprint density at radius 2 is 1.87 bits per heavy atom. The van der Waals surface area contributed by atoms with Crippen LogP contribution in [0.15, 0.2) is 36.5 Å². The Hall–Kier alpha value is -3.84. The van der Waals surface area contributed by atoms with Crippen molar-refractivity contribution < 1.29 is 27.5 Å². The molecule has 4 rings (SSSR count). The number of hydrogen-bond acceptors (Lipinski definition) is 8. The van der Waals surface area contributed by atoms with E-state index >= 15 is 0 Å².